The van der Waals surface area contributed by atoms with Crippen molar-refractivity contribution in [2.24, 2.45) is 0 Å². The predicted molar refractivity (Wildman–Crippen MR) is 72.6 cm³/mol. The summed E-state index contributed by atoms with van der Waals surface area (Å²) in [7, 11) is 4.57. The summed E-state index contributed by atoms with van der Waals surface area (Å²) in [5.41, 5.74) is 6.44. The van der Waals surface area contributed by atoms with Gasteiger partial charge in [0, 0.05) is 19.7 Å². The monoisotopic (exact) mass is 268 g/mol. The molecular formula is C13H20N2O4. The molecule has 6 nitrogen and oxygen atoms in total. The Morgan fingerprint density at radius 2 is 2.05 bits per heavy atom. The van der Waals surface area contributed by atoms with Gasteiger partial charge < -0.3 is 25.2 Å². The lowest BCUT2D eigenvalue weighted by Gasteiger charge is -2.20. The number of hydrogen-bond donors (Lipinski definition) is 2. The normalized spacial score (nSPS) is 11.8. The van der Waals surface area contributed by atoms with E-state index in [-0.39, 0.29) is 18.1 Å². The summed E-state index contributed by atoms with van der Waals surface area (Å²) in [5.74, 6) is 0.573. The van der Waals surface area contributed by atoms with Crippen LogP contribution in [0.5, 0.6) is 11.5 Å². The summed E-state index contributed by atoms with van der Waals surface area (Å²) in [6.07, 6.45) is -0.609. The first-order valence-electron chi connectivity index (χ1n) is 5.85. The number of nitrogens with zero attached hydrogens (tertiary/aromatic N) is 1. The molecule has 0 heterocycles. The minimum Gasteiger partial charge on any atom is -0.497 e. The molecule has 1 unspecified atom stereocenters. The zero-order valence-corrected chi connectivity index (χ0v) is 11.6. The second kappa shape index (κ2) is 6.29. The Morgan fingerprint density at radius 3 is 2.53 bits per heavy atom. The number of nitrogens with two attached hydrogens (primary N) is 1. The summed E-state index contributed by atoms with van der Waals surface area (Å²) in [6, 6.07) is 3.17. The Balaban J connectivity index is 3.14. The van der Waals surface area contributed by atoms with Gasteiger partial charge in [0.15, 0.2) is 0 Å². The van der Waals surface area contributed by atoms with E-state index >= 15 is 0 Å². The van der Waals surface area contributed by atoms with E-state index in [1.54, 1.807) is 26.1 Å². The van der Waals surface area contributed by atoms with Crippen molar-refractivity contribution in [1.82, 2.24) is 4.90 Å². The highest BCUT2D eigenvalue weighted by Gasteiger charge is 2.20. The number of carbonyl (C=O) groups excluding carboxylic acids is 1. The highest BCUT2D eigenvalue weighted by molar-refractivity contribution is 6.00. The van der Waals surface area contributed by atoms with Crippen molar-refractivity contribution < 1.29 is 19.4 Å². The summed E-state index contributed by atoms with van der Waals surface area (Å²) >= 11 is 0. The first-order chi connectivity index (χ1) is 8.90. The maximum Gasteiger partial charge on any atom is 0.256 e. The molecule has 0 aliphatic heterocycles. The summed E-state index contributed by atoms with van der Waals surface area (Å²) in [4.78, 5) is 13.7. The molecule has 1 rings (SSSR count). The molecule has 0 fully saturated rings. The maximum atomic E-state index is 12.3. The fraction of sp³-hybridized carbons (Fsp3) is 0.462. The number of methoxy groups -OCH3 is 2. The van der Waals surface area contributed by atoms with Gasteiger partial charge in [-0.3, -0.25) is 4.79 Å². The second-order valence-electron chi connectivity index (χ2n) is 4.33. The molecule has 0 bridgehead atoms. The number of aliphatic hydroxyl groups excluding tert-OH is 1. The van der Waals surface area contributed by atoms with Crippen molar-refractivity contribution in [3.8, 4) is 11.5 Å². The second-order valence-corrected chi connectivity index (χ2v) is 4.33. The first kappa shape index (κ1) is 15.1. The number of nitrogen functional groups attached to an aromatic ring is 1. The number of anilines is 1. The largest absolute Gasteiger partial charge is 0.497 e. The Labute approximate surface area is 112 Å². The Bertz CT molecular complexity index is 460. The van der Waals surface area contributed by atoms with Crippen LogP contribution in [0.3, 0.4) is 0 Å². The standard InChI is InChI=1S/C13H20N2O4/c1-8(16)7-15(2)13(17)10-5-9(18-3)6-11(19-4)12(10)14/h5-6,8,16H,7,14H2,1-4H3. The third-order valence-electron chi connectivity index (χ3n) is 2.69. The molecule has 3 N–H and O–H groups in total. The summed E-state index contributed by atoms with van der Waals surface area (Å²) < 4.78 is 10.2. The molecule has 0 aliphatic rings. The summed E-state index contributed by atoms with van der Waals surface area (Å²) in [6.45, 7) is 1.83. The SMILES string of the molecule is COc1cc(OC)c(N)c(C(=O)N(C)CC(C)O)c1. The van der Waals surface area contributed by atoms with Crippen molar-refractivity contribution in [2.75, 3.05) is 33.5 Å². The lowest BCUT2D eigenvalue weighted by atomic mass is 10.1. The van der Waals surface area contributed by atoms with Gasteiger partial charge in [0.2, 0.25) is 0 Å². The van der Waals surface area contributed by atoms with Gasteiger partial charge in [0.25, 0.3) is 5.91 Å². The molecule has 1 atom stereocenters. The zero-order chi connectivity index (χ0) is 14.6. The molecule has 0 spiro atoms. The number of amides is 1. The van der Waals surface area contributed by atoms with Gasteiger partial charge in [-0.05, 0) is 13.0 Å². The van der Waals surface area contributed by atoms with E-state index in [9.17, 15) is 9.90 Å². The summed E-state index contributed by atoms with van der Waals surface area (Å²) in [5, 5.41) is 9.31. The van der Waals surface area contributed by atoms with Crippen LogP contribution in [0.25, 0.3) is 0 Å². The van der Waals surface area contributed by atoms with Crippen LogP contribution in [0.4, 0.5) is 5.69 Å². The molecule has 6 heteroatoms. The Kier molecular flexibility index (Phi) is 5.00. The average molecular weight is 268 g/mol. The predicted octanol–water partition coefficient (Wildman–Crippen LogP) is 0.739. The lowest BCUT2D eigenvalue weighted by molar-refractivity contribution is 0.0704. The molecule has 1 aromatic carbocycles. The van der Waals surface area contributed by atoms with Crippen molar-refractivity contribution in [3.63, 3.8) is 0 Å². The topological polar surface area (TPSA) is 85.0 Å². The minimum absolute atomic E-state index is 0.220. The molecule has 0 aromatic heterocycles. The van der Waals surface area contributed by atoms with Gasteiger partial charge in [0.1, 0.15) is 11.5 Å². The number of likely N-dealkylation sites (N-methyl/N-ethyl adjacent to an activating group) is 1. The molecule has 1 aromatic rings. The van der Waals surface area contributed by atoms with Crippen molar-refractivity contribution >= 4 is 11.6 Å². The molecule has 0 saturated carbocycles. The molecule has 0 radical (unpaired) electrons. The van der Waals surface area contributed by atoms with Gasteiger partial charge in [-0.25, -0.2) is 0 Å². The van der Waals surface area contributed by atoms with Crippen molar-refractivity contribution in [3.05, 3.63) is 17.7 Å². The number of carbonyl (C=O) groups is 1. The van der Waals surface area contributed by atoms with Gasteiger partial charge in [0.05, 0.1) is 31.6 Å². The highest BCUT2D eigenvalue weighted by Crippen LogP contribution is 2.31. The average Bonchev–Trinajstić information content (AvgIpc) is 2.37. The molecule has 0 aliphatic carbocycles. The van der Waals surface area contributed by atoms with E-state index in [2.05, 4.69) is 0 Å². The van der Waals surface area contributed by atoms with Gasteiger partial charge >= 0.3 is 0 Å². The smallest absolute Gasteiger partial charge is 0.256 e. The molecule has 0 saturated heterocycles. The van der Waals surface area contributed by atoms with Crippen LogP contribution in [0, 0.1) is 0 Å². The van der Waals surface area contributed by atoms with E-state index in [0.717, 1.165) is 0 Å². The fourth-order valence-corrected chi connectivity index (χ4v) is 1.75. The third kappa shape index (κ3) is 3.51. The first-order valence-corrected chi connectivity index (χ1v) is 5.85. The lowest BCUT2D eigenvalue weighted by Crippen LogP contribution is -2.33. The molecule has 19 heavy (non-hydrogen) atoms. The number of rotatable bonds is 5. The molecule has 1 amide bonds. The number of benzene rings is 1. The fourth-order valence-electron chi connectivity index (χ4n) is 1.75. The van der Waals surface area contributed by atoms with Crippen molar-refractivity contribution in [1.29, 1.82) is 0 Å². The van der Waals surface area contributed by atoms with E-state index in [1.165, 1.54) is 19.1 Å². The van der Waals surface area contributed by atoms with Gasteiger partial charge in [-0.15, -0.1) is 0 Å². The van der Waals surface area contributed by atoms with Crippen LogP contribution in [0.1, 0.15) is 17.3 Å². The third-order valence-corrected chi connectivity index (χ3v) is 2.69. The van der Waals surface area contributed by atoms with Crippen LogP contribution in [-0.2, 0) is 0 Å². The van der Waals surface area contributed by atoms with E-state index < -0.39 is 6.10 Å². The van der Waals surface area contributed by atoms with E-state index in [1.807, 2.05) is 0 Å². The van der Waals surface area contributed by atoms with Gasteiger partial charge in [-0.2, -0.15) is 0 Å². The van der Waals surface area contributed by atoms with Crippen LogP contribution in [0.2, 0.25) is 0 Å². The van der Waals surface area contributed by atoms with Crippen LogP contribution < -0.4 is 15.2 Å². The highest BCUT2D eigenvalue weighted by atomic mass is 16.5. The molecular weight excluding hydrogens is 248 g/mol. The van der Waals surface area contributed by atoms with Crippen LogP contribution in [-0.4, -0.2) is 49.8 Å². The van der Waals surface area contributed by atoms with Crippen LogP contribution in [0.15, 0.2) is 12.1 Å². The minimum atomic E-state index is -0.609. The van der Waals surface area contributed by atoms with E-state index in [0.29, 0.717) is 17.1 Å². The zero-order valence-electron chi connectivity index (χ0n) is 11.6. The van der Waals surface area contributed by atoms with E-state index in [4.69, 9.17) is 15.2 Å². The molecule has 106 valence electrons. The van der Waals surface area contributed by atoms with Crippen LogP contribution >= 0.6 is 0 Å². The number of hydrogen-bond acceptors (Lipinski definition) is 5. The quantitative estimate of drug-likeness (QED) is 0.769. The number of aliphatic hydroxyl groups is 1. The maximum absolute atomic E-state index is 12.3. The Morgan fingerprint density at radius 1 is 1.42 bits per heavy atom. The Hall–Kier alpha value is -1.95. The van der Waals surface area contributed by atoms with Gasteiger partial charge in [-0.1, -0.05) is 0 Å². The number of ether oxygens (including phenoxy) is 2. The van der Waals surface area contributed by atoms with Crippen molar-refractivity contribution in [2.45, 2.75) is 13.0 Å².